The van der Waals surface area contributed by atoms with Crippen molar-refractivity contribution < 1.29 is 14.4 Å². The zero-order valence-corrected chi connectivity index (χ0v) is 22.3. The van der Waals surface area contributed by atoms with Crippen molar-refractivity contribution in [2.45, 2.75) is 46.0 Å². The summed E-state index contributed by atoms with van der Waals surface area (Å²) in [5.41, 5.74) is 2.89. The highest BCUT2D eigenvalue weighted by Crippen LogP contribution is 2.15. The summed E-state index contributed by atoms with van der Waals surface area (Å²) in [6, 6.07) is 15.0. The number of pyridine rings is 4. The highest BCUT2D eigenvalue weighted by molar-refractivity contribution is 5.92. The summed E-state index contributed by atoms with van der Waals surface area (Å²) >= 11 is 0. The molecule has 4 heterocycles. The van der Waals surface area contributed by atoms with E-state index in [9.17, 15) is 14.4 Å². The number of rotatable bonds is 13. The smallest absolute Gasteiger partial charge is 0.226 e. The summed E-state index contributed by atoms with van der Waals surface area (Å²) in [7, 11) is 0. The summed E-state index contributed by atoms with van der Waals surface area (Å²) in [4.78, 5) is 55.8. The van der Waals surface area contributed by atoms with Crippen LogP contribution in [0.1, 0.15) is 43.5 Å². The molecule has 4 aromatic heterocycles. The first kappa shape index (κ1) is 27.7. The van der Waals surface area contributed by atoms with Gasteiger partial charge in [0, 0.05) is 54.5 Å². The van der Waals surface area contributed by atoms with E-state index in [0.29, 0.717) is 49.0 Å². The first-order valence-electron chi connectivity index (χ1n) is 13.1. The molecule has 0 unspecified atom stereocenters. The maximum atomic E-state index is 12.7. The molecule has 10 nitrogen and oxygen atoms in total. The first-order valence-corrected chi connectivity index (χ1v) is 13.1. The lowest BCUT2D eigenvalue weighted by Gasteiger charge is -2.21. The molecule has 39 heavy (non-hydrogen) atoms. The zero-order valence-electron chi connectivity index (χ0n) is 22.3. The molecule has 4 rings (SSSR count). The van der Waals surface area contributed by atoms with E-state index in [4.69, 9.17) is 0 Å². The second kappa shape index (κ2) is 13.5. The van der Waals surface area contributed by atoms with Gasteiger partial charge < -0.3 is 20.3 Å². The van der Waals surface area contributed by atoms with Gasteiger partial charge >= 0.3 is 0 Å². The molecule has 0 atom stereocenters. The van der Waals surface area contributed by atoms with Gasteiger partial charge in [-0.1, -0.05) is 0 Å². The molecular weight excluding hydrogens is 494 g/mol. The van der Waals surface area contributed by atoms with Gasteiger partial charge in [0.05, 0.1) is 0 Å². The molecule has 0 aliphatic carbocycles. The number of nitrogens with zero attached hydrogens (tertiary/aromatic N) is 5. The van der Waals surface area contributed by atoms with E-state index in [1.54, 1.807) is 12.1 Å². The molecule has 0 aliphatic heterocycles. The van der Waals surface area contributed by atoms with Gasteiger partial charge in [-0.3, -0.25) is 9.59 Å². The predicted octanol–water partition coefficient (Wildman–Crippen LogP) is 4.22. The van der Waals surface area contributed by atoms with E-state index in [1.165, 1.54) is 0 Å². The van der Waals surface area contributed by atoms with E-state index in [1.807, 2.05) is 50.2 Å². The van der Waals surface area contributed by atoms with Crippen molar-refractivity contribution in [2.24, 2.45) is 0 Å². The van der Waals surface area contributed by atoms with Crippen LogP contribution in [-0.4, -0.2) is 62.6 Å². The van der Waals surface area contributed by atoms with Crippen LogP contribution in [0.25, 0.3) is 22.1 Å². The van der Waals surface area contributed by atoms with Gasteiger partial charge in [0.25, 0.3) is 0 Å². The fraction of sp³-hybridized carbons (Fsp3) is 0.345. The summed E-state index contributed by atoms with van der Waals surface area (Å²) in [6.07, 6.45) is 3.46. The molecular formula is C29H33N7O3. The van der Waals surface area contributed by atoms with Crippen LogP contribution in [0, 0.1) is 13.8 Å². The van der Waals surface area contributed by atoms with Crippen LogP contribution in [0.5, 0.6) is 0 Å². The Morgan fingerprint density at radius 1 is 0.692 bits per heavy atom. The van der Waals surface area contributed by atoms with Gasteiger partial charge in [-0.25, -0.2) is 19.9 Å². The second-order valence-corrected chi connectivity index (χ2v) is 9.49. The standard InChI is InChI=1S/C29H33N7O3/c1-20-6-8-22-10-12-24(34-28(22)30-20)32-26(38)14-17-36(16-4-3-5-19-37)18-15-27(39)33-25-13-11-23-9-7-21(2)31-29(23)35-25/h6-13,19H,3-5,14-18H2,1-2H3,(H,30,32,34,38)(H,31,33,35,39). The number of unbranched alkanes of at least 4 members (excludes halogenated alkanes) is 2. The number of aromatic nitrogens is 4. The Kier molecular flexibility index (Phi) is 9.58. The third-order valence-electron chi connectivity index (χ3n) is 6.27. The SMILES string of the molecule is Cc1ccc2ccc(NC(=O)CCN(CCCCC=O)CCC(=O)Nc3ccc4ccc(C)nc4n3)nc2n1. The van der Waals surface area contributed by atoms with E-state index < -0.39 is 0 Å². The number of amides is 2. The van der Waals surface area contributed by atoms with Crippen LogP contribution in [-0.2, 0) is 14.4 Å². The summed E-state index contributed by atoms with van der Waals surface area (Å²) in [6.45, 7) is 5.42. The third-order valence-corrected chi connectivity index (χ3v) is 6.27. The minimum absolute atomic E-state index is 0.167. The molecule has 0 radical (unpaired) electrons. The van der Waals surface area contributed by atoms with Gasteiger partial charge in [-0.05, 0) is 81.8 Å². The summed E-state index contributed by atoms with van der Waals surface area (Å²) in [5, 5.41) is 7.50. The number of hydrogen-bond donors (Lipinski definition) is 2. The Morgan fingerprint density at radius 2 is 1.18 bits per heavy atom. The molecule has 2 amide bonds. The quantitative estimate of drug-likeness (QED) is 0.195. The Bertz CT molecular complexity index is 1370. The van der Waals surface area contributed by atoms with Crippen LogP contribution < -0.4 is 10.6 Å². The van der Waals surface area contributed by atoms with Gasteiger partial charge in [0.1, 0.15) is 17.9 Å². The Hall–Kier alpha value is -4.31. The maximum Gasteiger partial charge on any atom is 0.226 e. The second-order valence-electron chi connectivity index (χ2n) is 9.49. The van der Waals surface area contributed by atoms with Crippen LogP contribution in [0.3, 0.4) is 0 Å². The molecule has 0 spiro atoms. The molecule has 202 valence electrons. The number of fused-ring (bicyclic) bond motifs is 2. The van der Waals surface area contributed by atoms with Crippen LogP contribution in [0.15, 0.2) is 48.5 Å². The number of aryl methyl sites for hydroxylation is 2. The van der Waals surface area contributed by atoms with Crippen molar-refractivity contribution in [1.29, 1.82) is 0 Å². The van der Waals surface area contributed by atoms with Gasteiger partial charge in [0.2, 0.25) is 11.8 Å². The van der Waals surface area contributed by atoms with E-state index >= 15 is 0 Å². The summed E-state index contributed by atoms with van der Waals surface area (Å²) < 4.78 is 0. The van der Waals surface area contributed by atoms with Crippen molar-refractivity contribution in [3.63, 3.8) is 0 Å². The molecule has 0 aliphatic rings. The van der Waals surface area contributed by atoms with Crippen LogP contribution >= 0.6 is 0 Å². The summed E-state index contributed by atoms with van der Waals surface area (Å²) in [5.74, 6) is 0.574. The Labute approximate surface area is 227 Å². The van der Waals surface area contributed by atoms with Crippen molar-refractivity contribution in [2.75, 3.05) is 30.3 Å². The average Bonchev–Trinajstić information content (AvgIpc) is 2.91. The van der Waals surface area contributed by atoms with E-state index in [0.717, 1.165) is 41.3 Å². The van der Waals surface area contributed by atoms with Crippen molar-refractivity contribution in [1.82, 2.24) is 24.8 Å². The number of carbonyl (C=O) groups is 3. The number of aldehydes is 1. The van der Waals surface area contributed by atoms with Gasteiger partial charge in [-0.2, -0.15) is 0 Å². The fourth-order valence-corrected chi connectivity index (χ4v) is 4.15. The fourth-order valence-electron chi connectivity index (χ4n) is 4.15. The number of anilines is 2. The predicted molar refractivity (Wildman–Crippen MR) is 151 cm³/mol. The van der Waals surface area contributed by atoms with E-state index in [2.05, 4.69) is 35.5 Å². The normalized spacial score (nSPS) is 11.2. The zero-order chi connectivity index (χ0) is 27.6. The molecule has 2 N–H and O–H groups in total. The maximum absolute atomic E-state index is 12.7. The number of hydrogen-bond acceptors (Lipinski definition) is 8. The molecule has 10 heteroatoms. The topological polar surface area (TPSA) is 130 Å². The molecule has 0 fully saturated rings. The van der Waals surface area contributed by atoms with Crippen molar-refractivity contribution in [3.8, 4) is 0 Å². The number of nitrogens with one attached hydrogen (secondary N) is 2. The Morgan fingerprint density at radius 3 is 1.67 bits per heavy atom. The number of carbonyl (C=O) groups excluding carboxylic acids is 3. The molecule has 4 aromatic rings. The molecule has 0 bridgehead atoms. The third kappa shape index (κ3) is 8.34. The highest BCUT2D eigenvalue weighted by Gasteiger charge is 2.13. The molecule has 0 aromatic carbocycles. The molecule has 0 saturated heterocycles. The first-order chi connectivity index (χ1) is 18.9. The van der Waals surface area contributed by atoms with Crippen molar-refractivity contribution in [3.05, 3.63) is 59.9 Å². The van der Waals surface area contributed by atoms with Gasteiger partial charge in [-0.15, -0.1) is 0 Å². The lowest BCUT2D eigenvalue weighted by molar-refractivity contribution is -0.116. The monoisotopic (exact) mass is 527 g/mol. The minimum atomic E-state index is -0.167. The van der Waals surface area contributed by atoms with Crippen LogP contribution in [0.4, 0.5) is 11.6 Å². The van der Waals surface area contributed by atoms with Crippen molar-refractivity contribution >= 4 is 51.8 Å². The van der Waals surface area contributed by atoms with Crippen LogP contribution in [0.2, 0.25) is 0 Å². The highest BCUT2D eigenvalue weighted by atomic mass is 16.2. The molecule has 0 saturated carbocycles. The minimum Gasteiger partial charge on any atom is -0.311 e. The largest absolute Gasteiger partial charge is 0.311 e. The lowest BCUT2D eigenvalue weighted by atomic mass is 10.2. The van der Waals surface area contributed by atoms with E-state index in [-0.39, 0.29) is 24.7 Å². The average molecular weight is 528 g/mol. The van der Waals surface area contributed by atoms with Gasteiger partial charge in [0.15, 0.2) is 11.3 Å². The Balaban J connectivity index is 1.30. The lowest BCUT2D eigenvalue weighted by Crippen LogP contribution is -2.32.